The maximum absolute atomic E-state index is 13.4. The summed E-state index contributed by atoms with van der Waals surface area (Å²) in [6, 6.07) is 8.42. The highest BCUT2D eigenvalue weighted by Gasteiger charge is 2.34. The maximum Gasteiger partial charge on any atom is 0.354 e. The molecule has 0 bridgehead atoms. The summed E-state index contributed by atoms with van der Waals surface area (Å²) in [5.74, 6) is -2.61. The molecule has 0 radical (unpaired) electrons. The Hall–Kier alpha value is -3.38. The van der Waals surface area contributed by atoms with Gasteiger partial charge in [0.15, 0.2) is 0 Å². The smallest absolute Gasteiger partial charge is 0.338 e. The van der Waals surface area contributed by atoms with Crippen LogP contribution in [0.4, 0.5) is 19.4 Å². The fourth-order valence-electron chi connectivity index (χ4n) is 4.44. The number of aromatic nitrogens is 2. The van der Waals surface area contributed by atoms with Crippen molar-refractivity contribution < 1.29 is 18.4 Å². The van der Waals surface area contributed by atoms with Crippen LogP contribution < -0.4 is 16.7 Å². The molecule has 3 N–H and O–H groups in total. The number of carbonyl (C=O) groups is 2. The molecule has 0 unspecified atom stereocenters. The fourth-order valence-corrected chi connectivity index (χ4v) is 4.44. The summed E-state index contributed by atoms with van der Waals surface area (Å²) >= 11 is 0. The number of hydrogen-bond donors (Lipinski definition) is 2. The van der Waals surface area contributed by atoms with E-state index in [0.717, 1.165) is 5.56 Å². The largest absolute Gasteiger partial charge is 0.354 e. The molecule has 3 heterocycles. The van der Waals surface area contributed by atoms with E-state index in [1.165, 1.54) is 16.8 Å². The van der Waals surface area contributed by atoms with E-state index in [9.17, 15) is 23.2 Å². The Kier molecular flexibility index (Phi) is 7.60. The molecule has 10 nitrogen and oxygen atoms in total. The van der Waals surface area contributed by atoms with Gasteiger partial charge in [0.1, 0.15) is 5.82 Å². The van der Waals surface area contributed by atoms with Crippen LogP contribution >= 0.6 is 0 Å². The van der Waals surface area contributed by atoms with Crippen molar-refractivity contribution in [3.05, 3.63) is 52.6 Å². The number of alkyl halides is 2. The van der Waals surface area contributed by atoms with Gasteiger partial charge in [-0.2, -0.15) is 4.98 Å². The molecule has 0 atom stereocenters. The third kappa shape index (κ3) is 6.69. The number of carbonyl (C=O) groups excluding carboxylic acids is 2. The molecule has 1 aromatic heterocycles. The zero-order valence-corrected chi connectivity index (χ0v) is 21.1. The lowest BCUT2D eigenvalue weighted by molar-refractivity contribution is -0.137. The zero-order valence-electron chi connectivity index (χ0n) is 21.1. The summed E-state index contributed by atoms with van der Waals surface area (Å²) in [6.07, 6.45) is 1.28. The van der Waals surface area contributed by atoms with E-state index in [4.69, 9.17) is 5.73 Å². The van der Waals surface area contributed by atoms with Crippen LogP contribution in [0, 0.1) is 0 Å². The average Bonchev–Trinajstić information content (AvgIpc) is 2.85. The molecular formula is C25H33F2N7O3. The number of amides is 3. The van der Waals surface area contributed by atoms with Crippen LogP contribution in [0.3, 0.4) is 0 Å². The lowest BCUT2D eigenvalue weighted by Crippen LogP contribution is -2.58. The number of nitrogens with one attached hydrogen (secondary N) is 1. The number of urea groups is 1. The summed E-state index contributed by atoms with van der Waals surface area (Å²) in [5, 5.41) is 2.64. The van der Waals surface area contributed by atoms with E-state index in [1.54, 1.807) is 35.8 Å². The first-order chi connectivity index (χ1) is 17.4. The Morgan fingerprint density at radius 3 is 2.16 bits per heavy atom. The second-order valence-corrected chi connectivity index (χ2v) is 10.2. The lowest BCUT2D eigenvalue weighted by atomic mass is 10.1. The van der Waals surface area contributed by atoms with Crippen LogP contribution in [0.15, 0.2) is 41.3 Å². The highest BCUT2D eigenvalue weighted by Crippen LogP contribution is 2.28. The van der Waals surface area contributed by atoms with Gasteiger partial charge in [-0.3, -0.25) is 19.6 Å². The van der Waals surface area contributed by atoms with Gasteiger partial charge >= 0.3 is 11.7 Å². The number of piperidine rings is 1. The summed E-state index contributed by atoms with van der Waals surface area (Å²) < 4.78 is 28.1. The number of nitrogens with two attached hydrogens (primary N) is 1. The third-order valence-electron chi connectivity index (χ3n) is 6.65. The Morgan fingerprint density at radius 2 is 1.59 bits per heavy atom. The number of likely N-dealkylation sites (tertiary alicyclic amines) is 1. The highest BCUT2D eigenvalue weighted by molar-refractivity contribution is 5.89. The molecule has 1 aromatic carbocycles. The predicted molar refractivity (Wildman–Crippen MR) is 135 cm³/mol. The minimum Gasteiger partial charge on any atom is -0.338 e. The first-order valence-electron chi connectivity index (χ1n) is 12.3. The second kappa shape index (κ2) is 10.5. The Balaban J connectivity index is 1.32. The Morgan fingerprint density at radius 1 is 1.00 bits per heavy atom. The van der Waals surface area contributed by atoms with Gasteiger partial charge < -0.3 is 15.5 Å². The van der Waals surface area contributed by atoms with Crippen LogP contribution in [0.25, 0.3) is 5.69 Å². The van der Waals surface area contributed by atoms with Gasteiger partial charge in [0.05, 0.1) is 11.2 Å². The van der Waals surface area contributed by atoms with Crippen LogP contribution in [-0.2, 0) is 11.3 Å². The molecule has 2 aliphatic rings. The van der Waals surface area contributed by atoms with Crippen molar-refractivity contribution in [1.29, 1.82) is 0 Å². The number of nitrogens with zero attached hydrogens (tertiary/aromatic N) is 5. The van der Waals surface area contributed by atoms with Crippen molar-refractivity contribution in [2.24, 2.45) is 5.73 Å². The van der Waals surface area contributed by atoms with Crippen LogP contribution in [0.2, 0.25) is 0 Å². The van der Waals surface area contributed by atoms with E-state index in [2.05, 4.69) is 10.3 Å². The highest BCUT2D eigenvalue weighted by atomic mass is 19.3. The summed E-state index contributed by atoms with van der Waals surface area (Å²) in [7, 11) is 0. The first kappa shape index (κ1) is 26.7. The van der Waals surface area contributed by atoms with Crippen LogP contribution in [0.5, 0.6) is 0 Å². The molecular weight excluding hydrogens is 484 g/mol. The molecule has 0 aliphatic carbocycles. The summed E-state index contributed by atoms with van der Waals surface area (Å²) in [5.41, 5.74) is 5.94. The molecule has 2 aromatic rings. The molecule has 4 rings (SSSR count). The Labute approximate surface area is 214 Å². The number of anilines is 1. The zero-order chi connectivity index (χ0) is 26.8. The van der Waals surface area contributed by atoms with Crippen molar-refractivity contribution in [2.45, 2.75) is 44.7 Å². The van der Waals surface area contributed by atoms with E-state index in [-0.39, 0.29) is 24.6 Å². The molecule has 2 aliphatic heterocycles. The minimum absolute atomic E-state index is 0.127. The van der Waals surface area contributed by atoms with E-state index < -0.39 is 23.2 Å². The summed E-state index contributed by atoms with van der Waals surface area (Å²) in [6.45, 7) is 6.02. The molecule has 2 fully saturated rings. The van der Waals surface area contributed by atoms with Crippen molar-refractivity contribution in [1.82, 2.24) is 24.3 Å². The van der Waals surface area contributed by atoms with Gasteiger partial charge in [-0.15, -0.1) is 0 Å². The van der Waals surface area contributed by atoms with Crippen LogP contribution in [0.1, 0.15) is 32.3 Å². The molecule has 0 spiro atoms. The lowest BCUT2D eigenvalue weighted by Gasteiger charge is -2.37. The summed E-state index contributed by atoms with van der Waals surface area (Å²) in [4.78, 5) is 46.7. The van der Waals surface area contributed by atoms with Gasteiger partial charge in [-0.05, 0) is 37.6 Å². The maximum atomic E-state index is 13.4. The predicted octanol–water partition coefficient (Wildman–Crippen LogP) is 1.88. The number of piperazine rings is 1. The van der Waals surface area contributed by atoms with Crippen molar-refractivity contribution >= 4 is 17.8 Å². The number of halogens is 2. The van der Waals surface area contributed by atoms with Gasteiger partial charge in [-0.25, -0.2) is 18.4 Å². The van der Waals surface area contributed by atoms with E-state index >= 15 is 0 Å². The van der Waals surface area contributed by atoms with Gasteiger partial charge in [0.2, 0.25) is 5.91 Å². The van der Waals surface area contributed by atoms with Crippen molar-refractivity contribution in [3.8, 4) is 5.69 Å². The molecule has 37 heavy (non-hydrogen) atoms. The number of rotatable bonds is 5. The topological polar surface area (TPSA) is 117 Å². The molecule has 12 heteroatoms. The Bertz CT molecular complexity index is 1180. The van der Waals surface area contributed by atoms with Crippen molar-refractivity contribution in [3.63, 3.8) is 0 Å². The number of hydrogen-bond acceptors (Lipinski definition) is 6. The molecule has 3 amide bonds. The average molecular weight is 518 g/mol. The second-order valence-electron chi connectivity index (χ2n) is 10.2. The molecule has 0 saturated carbocycles. The SMILES string of the molecule is CC(C)(N)C(=O)N1CCN(C(=O)Nc2ccn(-c3ccc(CN4CCC(F)(F)CC4)cc3)c(=O)n2)CC1. The monoisotopic (exact) mass is 517 g/mol. The quantitative estimate of drug-likeness (QED) is 0.626. The van der Waals surface area contributed by atoms with E-state index in [1.807, 2.05) is 17.0 Å². The van der Waals surface area contributed by atoms with Crippen LogP contribution in [-0.4, -0.2) is 86.9 Å². The first-order valence-corrected chi connectivity index (χ1v) is 12.3. The van der Waals surface area contributed by atoms with Gasteiger partial charge in [0, 0.05) is 64.9 Å². The van der Waals surface area contributed by atoms with Gasteiger partial charge in [0.25, 0.3) is 5.92 Å². The van der Waals surface area contributed by atoms with Gasteiger partial charge in [-0.1, -0.05) is 12.1 Å². The normalized spacial score (nSPS) is 18.5. The fraction of sp³-hybridized carbons (Fsp3) is 0.520. The molecule has 2 saturated heterocycles. The van der Waals surface area contributed by atoms with Crippen molar-refractivity contribution in [2.75, 3.05) is 44.6 Å². The third-order valence-corrected chi connectivity index (χ3v) is 6.65. The minimum atomic E-state index is -2.57. The number of benzene rings is 1. The van der Waals surface area contributed by atoms with E-state index in [0.29, 0.717) is 51.5 Å². The standard InChI is InChI=1S/C25H33F2N7O3/c1-24(2,28)21(35)32-13-15-33(16-14-32)22(36)29-20-7-10-34(23(37)30-20)19-5-3-18(4-6-19)17-31-11-8-25(26,27)9-12-31/h3-7,10H,8-9,11-17,28H2,1-2H3,(H,29,30,36,37). The molecule has 200 valence electrons.